The first-order valence-electron chi connectivity index (χ1n) is 7.38. The number of benzene rings is 1. The average Bonchev–Trinajstić information content (AvgIpc) is 2.96. The van der Waals surface area contributed by atoms with Crippen LogP contribution in [0.25, 0.3) is 0 Å². The van der Waals surface area contributed by atoms with Crippen molar-refractivity contribution in [3.63, 3.8) is 0 Å². The van der Waals surface area contributed by atoms with Gasteiger partial charge >= 0.3 is 5.97 Å². The maximum absolute atomic E-state index is 12.6. The van der Waals surface area contributed by atoms with Gasteiger partial charge in [0, 0.05) is 16.9 Å². The molecule has 0 aliphatic carbocycles. The van der Waals surface area contributed by atoms with Gasteiger partial charge in [-0.3, -0.25) is 14.4 Å². The Morgan fingerprint density at radius 3 is 2.38 bits per heavy atom. The molecule has 0 bridgehead atoms. The number of thiophene rings is 1. The number of anilines is 1. The van der Waals surface area contributed by atoms with Crippen LogP contribution < -0.4 is 5.32 Å². The van der Waals surface area contributed by atoms with Crippen molar-refractivity contribution in [3.8, 4) is 5.75 Å². The fraction of sp³-hybridized carbons (Fsp3) is 0.235. The summed E-state index contributed by atoms with van der Waals surface area (Å²) in [6.07, 6.45) is 0.298. The van der Waals surface area contributed by atoms with E-state index >= 15 is 0 Å². The predicted octanol–water partition coefficient (Wildman–Crippen LogP) is 3.05. The van der Waals surface area contributed by atoms with Crippen molar-refractivity contribution in [1.82, 2.24) is 0 Å². The highest BCUT2D eigenvalue weighted by atomic mass is 32.1. The van der Waals surface area contributed by atoms with Gasteiger partial charge in [0.05, 0.1) is 12.0 Å². The zero-order chi connectivity index (χ0) is 17.7. The number of amides is 1. The number of hydrogen-bond acceptors (Lipinski definition) is 5. The number of aromatic hydroxyl groups is 1. The molecule has 2 aromatic rings. The molecule has 0 spiro atoms. The van der Waals surface area contributed by atoms with E-state index in [0.29, 0.717) is 22.5 Å². The number of aryl methyl sites for hydroxylation is 1. The Morgan fingerprint density at radius 2 is 1.79 bits per heavy atom. The topological polar surface area (TPSA) is 104 Å². The van der Waals surface area contributed by atoms with E-state index in [4.69, 9.17) is 5.11 Å². The van der Waals surface area contributed by atoms with Gasteiger partial charge in [-0.2, -0.15) is 0 Å². The maximum Gasteiger partial charge on any atom is 0.303 e. The highest BCUT2D eigenvalue weighted by Gasteiger charge is 2.19. The van der Waals surface area contributed by atoms with Crippen LogP contribution >= 0.6 is 11.3 Å². The number of phenols is 1. The third-order valence-corrected chi connectivity index (χ3v) is 4.52. The quantitative estimate of drug-likeness (QED) is 0.668. The number of nitrogens with one attached hydrogen (secondary N) is 1. The van der Waals surface area contributed by atoms with E-state index in [2.05, 4.69) is 5.32 Å². The summed E-state index contributed by atoms with van der Waals surface area (Å²) >= 11 is 1.30. The molecule has 3 N–H and O–H groups in total. The molecular formula is C17H17NO5S. The van der Waals surface area contributed by atoms with E-state index in [9.17, 15) is 19.5 Å². The molecule has 2 rings (SSSR count). The molecule has 126 valence electrons. The first kappa shape index (κ1) is 17.7. The molecular weight excluding hydrogens is 330 g/mol. The van der Waals surface area contributed by atoms with Gasteiger partial charge in [0.25, 0.3) is 0 Å². The van der Waals surface area contributed by atoms with Crippen molar-refractivity contribution in [1.29, 1.82) is 0 Å². The van der Waals surface area contributed by atoms with Crippen molar-refractivity contribution in [2.24, 2.45) is 0 Å². The molecule has 0 unspecified atom stereocenters. The van der Waals surface area contributed by atoms with E-state index in [-0.39, 0.29) is 24.4 Å². The molecule has 0 radical (unpaired) electrons. The number of rotatable bonds is 7. The molecule has 0 saturated heterocycles. The lowest BCUT2D eigenvalue weighted by atomic mass is 10.0. The molecule has 0 aliphatic rings. The van der Waals surface area contributed by atoms with Gasteiger partial charge in [0.1, 0.15) is 10.8 Å². The number of hydrogen-bond donors (Lipinski definition) is 3. The maximum atomic E-state index is 12.6. The highest BCUT2D eigenvalue weighted by molar-refractivity contribution is 7.16. The second-order valence-electron chi connectivity index (χ2n) is 5.13. The van der Waals surface area contributed by atoms with Gasteiger partial charge in [0.2, 0.25) is 5.91 Å². The summed E-state index contributed by atoms with van der Waals surface area (Å²) in [4.78, 5) is 36.0. The van der Waals surface area contributed by atoms with Crippen LogP contribution in [0.1, 0.15) is 40.6 Å². The number of aliphatic carboxylic acids is 1. The largest absolute Gasteiger partial charge is 0.508 e. The van der Waals surface area contributed by atoms with Gasteiger partial charge in [-0.05, 0) is 36.8 Å². The van der Waals surface area contributed by atoms with Crippen molar-refractivity contribution in [3.05, 3.63) is 46.3 Å². The molecule has 1 aromatic carbocycles. The fourth-order valence-electron chi connectivity index (χ4n) is 2.06. The number of carbonyl (C=O) groups is 3. The average molecular weight is 347 g/mol. The van der Waals surface area contributed by atoms with Crippen LogP contribution in [0.15, 0.2) is 30.3 Å². The van der Waals surface area contributed by atoms with Gasteiger partial charge in [-0.15, -0.1) is 11.3 Å². The highest BCUT2D eigenvalue weighted by Crippen LogP contribution is 2.31. The minimum atomic E-state index is -1.05. The molecule has 6 nitrogen and oxygen atoms in total. The van der Waals surface area contributed by atoms with Crippen LogP contribution in [0.2, 0.25) is 0 Å². The van der Waals surface area contributed by atoms with Crippen LogP contribution in [0, 0.1) is 0 Å². The van der Waals surface area contributed by atoms with Crippen LogP contribution in [0.4, 0.5) is 5.00 Å². The van der Waals surface area contributed by atoms with Gasteiger partial charge in [-0.1, -0.05) is 6.92 Å². The molecule has 1 amide bonds. The minimum Gasteiger partial charge on any atom is -0.508 e. The van der Waals surface area contributed by atoms with Crippen LogP contribution in [-0.4, -0.2) is 27.9 Å². The summed E-state index contributed by atoms with van der Waals surface area (Å²) in [5.41, 5.74) is 0.764. The normalized spacial score (nSPS) is 10.4. The van der Waals surface area contributed by atoms with Crippen molar-refractivity contribution >= 4 is 34.0 Å². The van der Waals surface area contributed by atoms with E-state index in [1.54, 1.807) is 6.07 Å². The Kier molecular flexibility index (Phi) is 5.70. The SMILES string of the molecule is CCc1cc(C(=O)c2ccc(O)cc2)c(NC(=O)CCC(=O)O)s1. The smallest absolute Gasteiger partial charge is 0.303 e. The van der Waals surface area contributed by atoms with Gasteiger partial charge < -0.3 is 15.5 Å². The molecule has 0 aliphatic heterocycles. The molecule has 24 heavy (non-hydrogen) atoms. The number of phenolic OH excluding ortho intramolecular Hbond substituents is 1. The van der Waals surface area contributed by atoms with Crippen molar-refractivity contribution < 1.29 is 24.6 Å². The van der Waals surface area contributed by atoms with Crippen molar-refractivity contribution in [2.75, 3.05) is 5.32 Å². The molecule has 0 atom stereocenters. The second-order valence-corrected chi connectivity index (χ2v) is 6.26. The van der Waals surface area contributed by atoms with Crippen LogP contribution in [0.5, 0.6) is 5.75 Å². The van der Waals surface area contributed by atoms with Crippen LogP contribution in [0.3, 0.4) is 0 Å². The summed E-state index contributed by atoms with van der Waals surface area (Å²) in [6, 6.07) is 7.59. The first-order chi connectivity index (χ1) is 11.4. The van der Waals surface area contributed by atoms with E-state index < -0.39 is 11.9 Å². The lowest BCUT2D eigenvalue weighted by molar-refractivity contribution is -0.138. The van der Waals surface area contributed by atoms with E-state index in [1.165, 1.54) is 35.6 Å². The Morgan fingerprint density at radius 1 is 1.12 bits per heavy atom. The number of ketones is 1. The van der Waals surface area contributed by atoms with Crippen molar-refractivity contribution in [2.45, 2.75) is 26.2 Å². The Balaban J connectivity index is 2.24. The Bertz CT molecular complexity index is 764. The van der Waals surface area contributed by atoms with Gasteiger partial charge in [-0.25, -0.2) is 0 Å². The summed E-state index contributed by atoms with van der Waals surface area (Å²) < 4.78 is 0. The molecule has 0 saturated carbocycles. The zero-order valence-corrected chi connectivity index (χ0v) is 13.9. The molecule has 1 aromatic heterocycles. The fourth-order valence-corrected chi connectivity index (χ4v) is 3.07. The van der Waals surface area contributed by atoms with Gasteiger partial charge in [0.15, 0.2) is 5.78 Å². The third-order valence-electron chi connectivity index (χ3n) is 3.32. The third kappa shape index (κ3) is 4.42. The standard InChI is InChI=1S/C17H17NO5S/c1-2-12-9-13(16(23)10-3-5-11(19)6-4-10)17(24-12)18-14(20)7-8-15(21)22/h3-6,9,19H,2,7-8H2,1H3,(H,18,20)(H,21,22). The Hall–Kier alpha value is -2.67. The molecule has 7 heteroatoms. The number of carboxylic acids is 1. The van der Waals surface area contributed by atoms with Crippen LogP contribution in [-0.2, 0) is 16.0 Å². The summed E-state index contributed by atoms with van der Waals surface area (Å²) in [6.45, 7) is 1.94. The monoisotopic (exact) mass is 347 g/mol. The van der Waals surface area contributed by atoms with E-state index in [1.807, 2.05) is 6.92 Å². The molecule has 1 heterocycles. The summed E-state index contributed by atoms with van der Waals surface area (Å²) in [5, 5.41) is 21.0. The Labute approximate surface area is 142 Å². The van der Waals surface area contributed by atoms with E-state index in [0.717, 1.165) is 4.88 Å². The minimum absolute atomic E-state index is 0.0633. The molecule has 0 fully saturated rings. The number of carbonyl (C=O) groups excluding carboxylic acids is 2. The summed E-state index contributed by atoms with van der Waals surface area (Å²) in [7, 11) is 0. The lowest BCUT2D eigenvalue weighted by Gasteiger charge is -2.05. The first-order valence-corrected chi connectivity index (χ1v) is 8.20. The summed E-state index contributed by atoms with van der Waals surface area (Å²) in [5.74, 6) is -1.69. The second kappa shape index (κ2) is 7.74. The lowest BCUT2D eigenvalue weighted by Crippen LogP contribution is -2.14. The zero-order valence-electron chi connectivity index (χ0n) is 13.0. The number of carboxylic acid groups (broad SMARTS) is 1. The predicted molar refractivity (Wildman–Crippen MR) is 90.7 cm³/mol.